The molecule has 0 aliphatic carbocycles. The predicted octanol–water partition coefficient (Wildman–Crippen LogP) is 5.00. The fourth-order valence-corrected chi connectivity index (χ4v) is 3.22. The Balaban J connectivity index is 0.00000261. The summed E-state index contributed by atoms with van der Waals surface area (Å²) in [5, 5.41) is 11.7. The van der Waals surface area contributed by atoms with Crippen LogP contribution >= 0.6 is 11.3 Å². The van der Waals surface area contributed by atoms with Gasteiger partial charge in [0.2, 0.25) is 0 Å². The maximum atomic E-state index is 11.1. The molecule has 0 unspecified atom stereocenters. The zero-order valence-electron chi connectivity index (χ0n) is 14.4. The minimum absolute atomic E-state index is 0. The lowest BCUT2D eigenvalue weighted by Crippen LogP contribution is -2.00. The van der Waals surface area contributed by atoms with Crippen LogP contribution in [0.2, 0.25) is 0 Å². The van der Waals surface area contributed by atoms with Gasteiger partial charge in [-0.2, -0.15) is 0 Å². The average molecular weight is 386 g/mol. The molecule has 0 fully saturated rings. The third-order valence-electron chi connectivity index (χ3n) is 3.53. The first kappa shape index (κ1) is 20.4. The molecule has 0 spiro atoms. The normalized spacial score (nSPS) is 10.1. The van der Waals surface area contributed by atoms with Crippen molar-refractivity contribution in [2.45, 2.75) is 21.3 Å². The lowest BCUT2D eigenvalue weighted by atomic mass is 10.2. The molecule has 7 heteroatoms. The molecule has 0 radical (unpaired) electrons. The van der Waals surface area contributed by atoms with E-state index in [9.17, 15) is 4.79 Å². The van der Waals surface area contributed by atoms with Gasteiger partial charge in [-0.25, -0.2) is 14.8 Å². The molecule has 142 valence electrons. The first-order chi connectivity index (χ1) is 12.6. The SMILES string of the molecule is C.CCOc1ccc(-c2nc(-c3cccc(C(=O)O)n3)cs2)cc1OCC. The molecule has 2 heterocycles. The molecule has 1 N–H and O–H groups in total. The maximum absolute atomic E-state index is 11.1. The highest BCUT2D eigenvalue weighted by Crippen LogP contribution is 2.35. The van der Waals surface area contributed by atoms with E-state index in [4.69, 9.17) is 14.6 Å². The van der Waals surface area contributed by atoms with E-state index in [1.165, 1.54) is 17.4 Å². The summed E-state index contributed by atoms with van der Waals surface area (Å²) < 4.78 is 11.2. The number of carboxylic acid groups (broad SMARTS) is 1. The van der Waals surface area contributed by atoms with Gasteiger partial charge < -0.3 is 14.6 Å². The number of thiazole rings is 1. The number of aromatic carboxylic acids is 1. The minimum Gasteiger partial charge on any atom is -0.490 e. The number of hydrogen-bond donors (Lipinski definition) is 1. The van der Waals surface area contributed by atoms with E-state index in [2.05, 4.69) is 9.97 Å². The highest BCUT2D eigenvalue weighted by atomic mass is 32.1. The van der Waals surface area contributed by atoms with Crippen molar-refractivity contribution in [2.75, 3.05) is 13.2 Å². The molecule has 6 nitrogen and oxygen atoms in total. The summed E-state index contributed by atoms with van der Waals surface area (Å²) in [7, 11) is 0. The summed E-state index contributed by atoms with van der Waals surface area (Å²) >= 11 is 1.46. The van der Waals surface area contributed by atoms with E-state index < -0.39 is 5.97 Å². The van der Waals surface area contributed by atoms with Crippen LogP contribution in [-0.4, -0.2) is 34.3 Å². The van der Waals surface area contributed by atoms with Crippen LogP contribution in [0, 0.1) is 0 Å². The monoisotopic (exact) mass is 386 g/mol. The van der Waals surface area contributed by atoms with Crippen LogP contribution in [0.15, 0.2) is 41.8 Å². The summed E-state index contributed by atoms with van der Waals surface area (Å²) in [5.41, 5.74) is 2.07. The second-order valence-corrected chi connectivity index (χ2v) is 6.14. The topological polar surface area (TPSA) is 81.5 Å². The zero-order valence-corrected chi connectivity index (χ0v) is 15.2. The highest BCUT2D eigenvalue weighted by Gasteiger charge is 2.13. The molecular weight excluding hydrogens is 364 g/mol. The second kappa shape index (κ2) is 9.14. The molecule has 2 aromatic heterocycles. The molecule has 3 aromatic rings. The van der Waals surface area contributed by atoms with Gasteiger partial charge in [-0.1, -0.05) is 13.5 Å². The van der Waals surface area contributed by atoms with Gasteiger partial charge in [-0.05, 0) is 44.2 Å². The van der Waals surface area contributed by atoms with Crippen molar-refractivity contribution >= 4 is 17.3 Å². The first-order valence-corrected chi connectivity index (χ1v) is 9.06. The number of aromatic nitrogens is 2. The van der Waals surface area contributed by atoms with Crippen LogP contribution in [0.3, 0.4) is 0 Å². The van der Waals surface area contributed by atoms with E-state index in [0.29, 0.717) is 36.1 Å². The second-order valence-electron chi connectivity index (χ2n) is 5.28. The molecule has 0 atom stereocenters. The molecule has 0 aliphatic rings. The molecule has 27 heavy (non-hydrogen) atoms. The van der Waals surface area contributed by atoms with E-state index >= 15 is 0 Å². The van der Waals surface area contributed by atoms with Gasteiger partial charge >= 0.3 is 5.97 Å². The smallest absolute Gasteiger partial charge is 0.354 e. The van der Waals surface area contributed by atoms with Crippen LogP contribution in [0.25, 0.3) is 22.0 Å². The number of hydrogen-bond acceptors (Lipinski definition) is 6. The lowest BCUT2D eigenvalue weighted by Gasteiger charge is -2.11. The Bertz CT molecular complexity index is 924. The minimum atomic E-state index is -1.06. The van der Waals surface area contributed by atoms with Gasteiger partial charge in [0.05, 0.1) is 18.9 Å². The standard InChI is InChI=1S/C19H18N2O4S.CH4/c1-3-24-16-9-8-12(10-17(16)25-4-2)18-21-15(11-26-18)13-6-5-7-14(20-13)19(22)23;/h5-11H,3-4H2,1-2H3,(H,22,23);1H4. The van der Waals surface area contributed by atoms with Crippen molar-refractivity contribution in [3.63, 3.8) is 0 Å². The quantitative estimate of drug-likeness (QED) is 0.615. The van der Waals surface area contributed by atoms with Crippen molar-refractivity contribution < 1.29 is 19.4 Å². The van der Waals surface area contributed by atoms with Crippen molar-refractivity contribution in [1.29, 1.82) is 0 Å². The lowest BCUT2D eigenvalue weighted by molar-refractivity contribution is 0.0690. The summed E-state index contributed by atoms with van der Waals surface area (Å²) in [5.74, 6) is 0.315. The van der Waals surface area contributed by atoms with Gasteiger partial charge in [0.1, 0.15) is 16.4 Å². The van der Waals surface area contributed by atoms with Gasteiger partial charge in [0.15, 0.2) is 11.5 Å². The summed E-state index contributed by atoms with van der Waals surface area (Å²) in [6.07, 6.45) is 0. The van der Waals surface area contributed by atoms with Gasteiger partial charge in [-0.3, -0.25) is 0 Å². The number of ether oxygens (including phenoxy) is 2. The fraction of sp³-hybridized carbons (Fsp3) is 0.250. The zero-order chi connectivity index (χ0) is 18.5. The van der Waals surface area contributed by atoms with Gasteiger partial charge in [-0.15, -0.1) is 11.3 Å². The van der Waals surface area contributed by atoms with Crippen LogP contribution in [0.4, 0.5) is 0 Å². The Morgan fingerprint density at radius 2 is 1.78 bits per heavy atom. The number of benzene rings is 1. The number of rotatable bonds is 7. The van der Waals surface area contributed by atoms with Crippen molar-refractivity contribution in [3.8, 4) is 33.5 Å². The van der Waals surface area contributed by atoms with Crippen LogP contribution in [0.1, 0.15) is 31.8 Å². The molecule has 0 bridgehead atoms. The third-order valence-corrected chi connectivity index (χ3v) is 4.42. The van der Waals surface area contributed by atoms with E-state index in [-0.39, 0.29) is 13.1 Å². The number of pyridine rings is 1. The van der Waals surface area contributed by atoms with Gasteiger partial charge in [0, 0.05) is 10.9 Å². The van der Waals surface area contributed by atoms with E-state index in [1.54, 1.807) is 12.1 Å². The summed E-state index contributed by atoms with van der Waals surface area (Å²) in [6.45, 7) is 4.95. The van der Waals surface area contributed by atoms with Crippen LogP contribution in [-0.2, 0) is 0 Å². The molecule has 0 aliphatic heterocycles. The Morgan fingerprint density at radius 3 is 2.48 bits per heavy atom. The molecule has 0 saturated carbocycles. The van der Waals surface area contributed by atoms with Crippen molar-refractivity contribution in [3.05, 3.63) is 47.5 Å². The molecule has 1 aromatic carbocycles. The Hall–Kier alpha value is -2.93. The van der Waals surface area contributed by atoms with Crippen molar-refractivity contribution in [2.24, 2.45) is 0 Å². The van der Waals surface area contributed by atoms with Crippen LogP contribution < -0.4 is 9.47 Å². The van der Waals surface area contributed by atoms with E-state index in [1.807, 2.05) is 37.4 Å². The highest BCUT2D eigenvalue weighted by molar-refractivity contribution is 7.13. The maximum Gasteiger partial charge on any atom is 0.354 e. The Kier molecular flexibility index (Phi) is 6.90. The third kappa shape index (κ3) is 4.62. The van der Waals surface area contributed by atoms with Crippen molar-refractivity contribution in [1.82, 2.24) is 9.97 Å². The number of carboxylic acids is 1. The molecule has 0 saturated heterocycles. The van der Waals surface area contributed by atoms with Gasteiger partial charge in [0.25, 0.3) is 0 Å². The van der Waals surface area contributed by atoms with E-state index in [0.717, 1.165) is 10.6 Å². The fourth-order valence-electron chi connectivity index (χ4n) is 2.40. The predicted molar refractivity (Wildman–Crippen MR) is 107 cm³/mol. The summed E-state index contributed by atoms with van der Waals surface area (Å²) in [4.78, 5) is 19.8. The largest absolute Gasteiger partial charge is 0.490 e. The molecule has 3 rings (SSSR count). The Morgan fingerprint density at radius 1 is 1.04 bits per heavy atom. The number of nitrogens with zero attached hydrogens (tertiary/aromatic N) is 2. The molecule has 0 amide bonds. The number of carbonyl (C=O) groups is 1. The first-order valence-electron chi connectivity index (χ1n) is 8.18. The molecular formula is C20H22N2O4S. The Labute approximate surface area is 162 Å². The average Bonchev–Trinajstić information content (AvgIpc) is 3.14. The van der Waals surface area contributed by atoms with Crippen LogP contribution in [0.5, 0.6) is 11.5 Å². The summed E-state index contributed by atoms with van der Waals surface area (Å²) in [6, 6.07) is 10.6.